The van der Waals surface area contributed by atoms with Gasteiger partial charge in [-0.15, -0.1) is 0 Å². The summed E-state index contributed by atoms with van der Waals surface area (Å²) in [5, 5.41) is 9.32. The Morgan fingerprint density at radius 3 is 2.37 bits per heavy atom. The first-order chi connectivity index (χ1) is 16.7. The SMILES string of the molecule is C=C(CCC(N)C(=O)O)OCc1ccc(C)cc1.CC.Cc1ncnc(-c2cc(Cl)ccc2C)n1. The van der Waals surface area contributed by atoms with Crippen LogP contribution in [-0.2, 0) is 16.1 Å². The first kappa shape index (κ1) is 29.7. The Morgan fingerprint density at radius 1 is 1.11 bits per heavy atom. The number of carboxylic acids is 1. The summed E-state index contributed by atoms with van der Waals surface area (Å²) in [6.07, 6.45) is 2.30. The van der Waals surface area contributed by atoms with Gasteiger partial charge in [0.25, 0.3) is 0 Å². The summed E-state index contributed by atoms with van der Waals surface area (Å²) in [4.78, 5) is 22.9. The topological polar surface area (TPSA) is 111 Å². The van der Waals surface area contributed by atoms with Crippen LogP contribution in [0.5, 0.6) is 0 Å². The van der Waals surface area contributed by atoms with Gasteiger partial charge in [-0.1, -0.05) is 67.9 Å². The van der Waals surface area contributed by atoms with Crippen LogP contribution in [0.1, 0.15) is 49.2 Å². The molecule has 0 saturated carbocycles. The molecule has 3 aromatic rings. The molecule has 0 aliphatic heterocycles. The van der Waals surface area contributed by atoms with Gasteiger partial charge in [-0.3, -0.25) is 4.79 Å². The maximum atomic E-state index is 10.5. The number of hydrogen-bond donors (Lipinski definition) is 2. The second-order valence-corrected chi connectivity index (χ2v) is 8.05. The van der Waals surface area contributed by atoms with Crippen molar-refractivity contribution in [1.82, 2.24) is 15.0 Å². The molecule has 0 saturated heterocycles. The monoisotopic (exact) mass is 498 g/mol. The third-order valence-corrected chi connectivity index (χ3v) is 4.98. The molecule has 1 heterocycles. The number of aliphatic carboxylic acids is 1. The summed E-state index contributed by atoms with van der Waals surface area (Å²) in [7, 11) is 0. The average Bonchev–Trinajstić information content (AvgIpc) is 2.85. The van der Waals surface area contributed by atoms with Crippen molar-refractivity contribution in [3.05, 3.63) is 88.7 Å². The van der Waals surface area contributed by atoms with Gasteiger partial charge in [-0.25, -0.2) is 15.0 Å². The maximum Gasteiger partial charge on any atom is 0.320 e. The summed E-state index contributed by atoms with van der Waals surface area (Å²) >= 11 is 5.94. The Kier molecular flexibility index (Phi) is 13.2. The summed E-state index contributed by atoms with van der Waals surface area (Å²) in [5.41, 5.74) is 9.70. The number of benzene rings is 2. The van der Waals surface area contributed by atoms with E-state index in [1.807, 2.05) is 77.1 Å². The summed E-state index contributed by atoms with van der Waals surface area (Å²) in [6, 6.07) is 12.8. The van der Waals surface area contributed by atoms with Crippen LogP contribution in [0.2, 0.25) is 5.02 Å². The Morgan fingerprint density at radius 2 is 1.77 bits per heavy atom. The molecule has 0 bridgehead atoms. The highest BCUT2D eigenvalue weighted by molar-refractivity contribution is 6.30. The number of carboxylic acid groups (broad SMARTS) is 1. The Hall–Kier alpha value is -3.29. The number of allylic oxidation sites excluding steroid dienone is 1. The van der Waals surface area contributed by atoms with Gasteiger partial charge >= 0.3 is 5.97 Å². The molecular weight excluding hydrogens is 464 g/mol. The van der Waals surface area contributed by atoms with E-state index in [0.29, 0.717) is 41.9 Å². The van der Waals surface area contributed by atoms with Crippen LogP contribution < -0.4 is 5.73 Å². The summed E-state index contributed by atoms with van der Waals surface area (Å²) < 4.78 is 5.46. The van der Waals surface area contributed by atoms with E-state index in [-0.39, 0.29) is 0 Å². The quantitative estimate of drug-likeness (QED) is 0.363. The van der Waals surface area contributed by atoms with E-state index in [0.717, 1.165) is 16.7 Å². The van der Waals surface area contributed by atoms with Crippen LogP contribution in [0.4, 0.5) is 0 Å². The Balaban J connectivity index is 0.000000331. The molecule has 2 aromatic carbocycles. The third kappa shape index (κ3) is 11.1. The van der Waals surface area contributed by atoms with Crippen molar-refractivity contribution >= 4 is 17.6 Å². The number of aromatic nitrogens is 3. The first-order valence-corrected chi connectivity index (χ1v) is 11.8. The van der Waals surface area contributed by atoms with Gasteiger partial charge in [0.15, 0.2) is 5.82 Å². The Labute approximate surface area is 213 Å². The normalized spacial score (nSPS) is 10.7. The van der Waals surface area contributed by atoms with Gasteiger partial charge < -0.3 is 15.6 Å². The molecule has 1 unspecified atom stereocenters. The fraction of sp³-hybridized carbons (Fsp3) is 0.333. The van der Waals surface area contributed by atoms with Crippen LogP contribution in [0, 0.1) is 20.8 Å². The summed E-state index contributed by atoms with van der Waals surface area (Å²) in [5.74, 6) is 0.940. The molecule has 8 heteroatoms. The van der Waals surface area contributed by atoms with Gasteiger partial charge in [0, 0.05) is 17.0 Å². The van der Waals surface area contributed by atoms with Crippen LogP contribution in [-0.4, -0.2) is 32.1 Å². The van der Waals surface area contributed by atoms with Crippen molar-refractivity contribution in [2.75, 3.05) is 0 Å². The molecule has 0 aliphatic rings. The minimum atomic E-state index is -0.999. The highest BCUT2D eigenvalue weighted by Crippen LogP contribution is 2.23. The molecule has 1 aromatic heterocycles. The number of nitrogens with two attached hydrogens (primary N) is 1. The van der Waals surface area contributed by atoms with E-state index in [1.165, 1.54) is 11.9 Å². The van der Waals surface area contributed by atoms with E-state index < -0.39 is 12.0 Å². The van der Waals surface area contributed by atoms with E-state index in [4.69, 9.17) is 27.2 Å². The lowest BCUT2D eigenvalue weighted by Crippen LogP contribution is -2.29. The predicted octanol–water partition coefficient (Wildman–Crippen LogP) is 6.05. The van der Waals surface area contributed by atoms with Crippen molar-refractivity contribution in [3.8, 4) is 11.4 Å². The second-order valence-electron chi connectivity index (χ2n) is 7.61. The third-order valence-electron chi connectivity index (χ3n) is 4.75. The zero-order chi connectivity index (χ0) is 26.4. The molecular formula is C27H35ClN4O3. The van der Waals surface area contributed by atoms with Gasteiger partial charge in [0.05, 0.1) is 5.76 Å². The van der Waals surface area contributed by atoms with Crippen LogP contribution in [0.3, 0.4) is 0 Å². The van der Waals surface area contributed by atoms with Crippen molar-refractivity contribution in [3.63, 3.8) is 0 Å². The number of carbonyl (C=O) groups is 1. The van der Waals surface area contributed by atoms with Crippen molar-refractivity contribution < 1.29 is 14.6 Å². The van der Waals surface area contributed by atoms with Crippen molar-refractivity contribution in [2.45, 2.75) is 60.1 Å². The zero-order valence-corrected chi connectivity index (χ0v) is 21.8. The fourth-order valence-corrected chi connectivity index (χ4v) is 2.90. The lowest BCUT2D eigenvalue weighted by atomic mass is 10.1. The van der Waals surface area contributed by atoms with Crippen molar-refractivity contribution in [1.29, 1.82) is 0 Å². The molecule has 3 rings (SSSR count). The minimum Gasteiger partial charge on any atom is -0.494 e. The minimum absolute atomic E-state index is 0.335. The maximum absolute atomic E-state index is 10.5. The molecule has 35 heavy (non-hydrogen) atoms. The highest BCUT2D eigenvalue weighted by Gasteiger charge is 2.11. The number of nitrogens with zero attached hydrogens (tertiary/aromatic N) is 3. The lowest BCUT2D eigenvalue weighted by molar-refractivity contribution is -0.138. The Bertz CT molecular complexity index is 1090. The van der Waals surface area contributed by atoms with Gasteiger partial charge in [0.1, 0.15) is 24.8 Å². The average molecular weight is 499 g/mol. The lowest BCUT2D eigenvalue weighted by Gasteiger charge is -2.11. The standard InChI is InChI=1S/C14H19NO3.C11H10ClN3.C2H6/c1-10-3-6-12(7-4-10)9-18-11(2)5-8-13(15)14(16)17;1-7-3-4-9(12)5-10(7)11-14-6-13-8(2)15-11;1-2/h3-4,6-7,13H,2,5,8-9,15H2,1H3,(H,16,17);3-6H,1-2H3;1-2H3. The number of aryl methyl sites for hydroxylation is 3. The molecule has 0 fully saturated rings. The molecule has 0 aliphatic carbocycles. The van der Waals surface area contributed by atoms with E-state index in [9.17, 15) is 4.79 Å². The molecule has 188 valence electrons. The van der Waals surface area contributed by atoms with Crippen LogP contribution in [0.25, 0.3) is 11.4 Å². The summed E-state index contributed by atoms with van der Waals surface area (Å²) in [6.45, 7) is 14.1. The van der Waals surface area contributed by atoms with Crippen molar-refractivity contribution in [2.24, 2.45) is 5.73 Å². The van der Waals surface area contributed by atoms with Crippen LogP contribution in [0.15, 0.2) is 61.1 Å². The predicted molar refractivity (Wildman–Crippen MR) is 141 cm³/mol. The molecule has 7 nitrogen and oxygen atoms in total. The molecule has 3 N–H and O–H groups in total. The van der Waals surface area contributed by atoms with E-state index in [2.05, 4.69) is 21.5 Å². The smallest absolute Gasteiger partial charge is 0.320 e. The molecule has 0 radical (unpaired) electrons. The van der Waals surface area contributed by atoms with Crippen LogP contribution >= 0.6 is 11.6 Å². The largest absolute Gasteiger partial charge is 0.494 e. The second kappa shape index (κ2) is 15.6. The molecule has 0 amide bonds. The fourth-order valence-electron chi connectivity index (χ4n) is 2.72. The number of rotatable bonds is 8. The number of hydrogen-bond acceptors (Lipinski definition) is 6. The molecule has 1 atom stereocenters. The van der Waals surface area contributed by atoms with E-state index in [1.54, 1.807) is 0 Å². The first-order valence-electron chi connectivity index (χ1n) is 11.4. The zero-order valence-electron chi connectivity index (χ0n) is 21.1. The number of halogens is 1. The van der Waals surface area contributed by atoms with Gasteiger partial charge in [-0.05, 0) is 50.5 Å². The number of ether oxygens (including phenoxy) is 1. The van der Waals surface area contributed by atoms with Gasteiger partial charge in [0.2, 0.25) is 0 Å². The highest BCUT2D eigenvalue weighted by atomic mass is 35.5. The molecule has 0 spiro atoms. The van der Waals surface area contributed by atoms with Gasteiger partial charge in [-0.2, -0.15) is 0 Å². The van der Waals surface area contributed by atoms with E-state index >= 15 is 0 Å².